The minimum Gasteiger partial charge on any atom is -0.368 e. The highest BCUT2D eigenvalue weighted by molar-refractivity contribution is 5.52. The van der Waals surface area contributed by atoms with Crippen molar-refractivity contribution in [1.82, 2.24) is 19.7 Å². The Morgan fingerprint density at radius 2 is 2.14 bits per heavy atom. The molecule has 0 spiro atoms. The van der Waals surface area contributed by atoms with E-state index in [2.05, 4.69) is 41.2 Å². The molecular formula is C14H23N7. The van der Waals surface area contributed by atoms with Crippen LogP contribution in [0.4, 0.5) is 17.6 Å². The fourth-order valence-corrected chi connectivity index (χ4v) is 2.03. The van der Waals surface area contributed by atoms with E-state index in [0.29, 0.717) is 6.04 Å². The molecule has 0 unspecified atom stereocenters. The van der Waals surface area contributed by atoms with Gasteiger partial charge >= 0.3 is 0 Å². The van der Waals surface area contributed by atoms with Crippen molar-refractivity contribution in [3.05, 3.63) is 24.0 Å². The van der Waals surface area contributed by atoms with Crippen LogP contribution in [0.2, 0.25) is 0 Å². The van der Waals surface area contributed by atoms with E-state index >= 15 is 0 Å². The van der Waals surface area contributed by atoms with Crippen LogP contribution < -0.4 is 16.0 Å². The highest BCUT2D eigenvalue weighted by atomic mass is 15.3. The third kappa shape index (κ3) is 4.08. The van der Waals surface area contributed by atoms with E-state index in [1.807, 2.05) is 35.1 Å². The molecule has 0 atom stereocenters. The van der Waals surface area contributed by atoms with Crippen molar-refractivity contribution in [3.63, 3.8) is 0 Å². The molecule has 2 aromatic heterocycles. The molecular weight excluding hydrogens is 266 g/mol. The molecule has 2 heterocycles. The third-order valence-corrected chi connectivity index (χ3v) is 2.99. The molecule has 0 aliphatic heterocycles. The molecule has 0 saturated carbocycles. The molecule has 7 heteroatoms. The number of nitrogens with zero attached hydrogens (tertiary/aromatic N) is 5. The molecule has 114 valence electrons. The number of nitrogen functional groups attached to an aromatic ring is 1. The molecule has 0 aliphatic carbocycles. The van der Waals surface area contributed by atoms with E-state index in [9.17, 15) is 0 Å². The SMILES string of the molecule is CCn1cc(CN(C)c2cc(NC(C)C)nc(N)n2)cn1. The van der Waals surface area contributed by atoms with Gasteiger partial charge in [0.25, 0.3) is 0 Å². The van der Waals surface area contributed by atoms with Gasteiger partial charge in [0.2, 0.25) is 5.95 Å². The number of anilines is 3. The predicted molar refractivity (Wildman–Crippen MR) is 85.2 cm³/mol. The lowest BCUT2D eigenvalue weighted by Gasteiger charge is -2.19. The van der Waals surface area contributed by atoms with Crippen molar-refractivity contribution in [1.29, 1.82) is 0 Å². The van der Waals surface area contributed by atoms with Gasteiger partial charge in [-0.2, -0.15) is 15.1 Å². The summed E-state index contributed by atoms with van der Waals surface area (Å²) in [5, 5.41) is 7.52. The van der Waals surface area contributed by atoms with Crippen LogP contribution in [-0.2, 0) is 13.1 Å². The molecule has 0 aromatic carbocycles. The molecule has 0 bridgehead atoms. The molecule has 7 nitrogen and oxygen atoms in total. The number of rotatable bonds is 6. The topological polar surface area (TPSA) is 84.9 Å². The summed E-state index contributed by atoms with van der Waals surface area (Å²) < 4.78 is 1.91. The maximum atomic E-state index is 5.79. The van der Waals surface area contributed by atoms with Crippen LogP contribution in [0.3, 0.4) is 0 Å². The monoisotopic (exact) mass is 289 g/mol. The normalized spacial score (nSPS) is 10.9. The van der Waals surface area contributed by atoms with Crippen LogP contribution in [-0.4, -0.2) is 32.8 Å². The quantitative estimate of drug-likeness (QED) is 0.842. The summed E-state index contributed by atoms with van der Waals surface area (Å²) in [4.78, 5) is 10.5. The zero-order chi connectivity index (χ0) is 15.4. The number of hydrogen-bond donors (Lipinski definition) is 2. The summed E-state index contributed by atoms with van der Waals surface area (Å²) in [5.41, 5.74) is 6.92. The van der Waals surface area contributed by atoms with Gasteiger partial charge in [-0.3, -0.25) is 4.68 Å². The predicted octanol–water partition coefficient (Wildman–Crippen LogP) is 1.73. The third-order valence-electron chi connectivity index (χ3n) is 2.99. The second kappa shape index (κ2) is 6.43. The zero-order valence-electron chi connectivity index (χ0n) is 13.0. The summed E-state index contributed by atoms with van der Waals surface area (Å²) in [7, 11) is 1.98. The maximum Gasteiger partial charge on any atom is 0.223 e. The van der Waals surface area contributed by atoms with Gasteiger partial charge in [0.1, 0.15) is 11.6 Å². The minimum atomic E-state index is 0.270. The van der Waals surface area contributed by atoms with Crippen LogP contribution in [0.5, 0.6) is 0 Å². The van der Waals surface area contributed by atoms with Crippen LogP contribution in [0.25, 0.3) is 0 Å². The van der Waals surface area contributed by atoms with Crippen LogP contribution in [0, 0.1) is 0 Å². The fourth-order valence-electron chi connectivity index (χ4n) is 2.03. The maximum absolute atomic E-state index is 5.79. The Labute approximate surface area is 125 Å². The number of hydrogen-bond acceptors (Lipinski definition) is 6. The summed E-state index contributed by atoms with van der Waals surface area (Å²) in [6.07, 6.45) is 3.91. The van der Waals surface area contributed by atoms with Gasteiger partial charge < -0.3 is 16.0 Å². The first-order valence-corrected chi connectivity index (χ1v) is 7.11. The van der Waals surface area contributed by atoms with Gasteiger partial charge in [-0.15, -0.1) is 0 Å². The molecule has 0 saturated heterocycles. The van der Waals surface area contributed by atoms with Gasteiger partial charge in [0.15, 0.2) is 0 Å². The molecule has 0 aliphatic rings. The van der Waals surface area contributed by atoms with Gasteiger partial charge in [-0.05, 0) is 20.8 Å². The van der Waals surface area contributed by atoms with Gasteiger partial charge in [-0.1, -0.05) is 0 Å². The Morgan fingerprint density at radius 1 is 1.38 bits per heavy atom. The average Bonchev–Trinajstić information content (AvgIpc) is 2.84. The van der Waals surface area contributed by atoms with Crippen LogP contribution in [0.15, 0.2) is 18.5 Å². The molecule has 3 N–H and O–H groups in total. The Bertz CT molecular complexity index is 591. The second-order valence-electron chi connectivity index (χ2n) is 5.33. The highest BCUT2D eigenvalue weighted by Gasteiger charge is 2.09. The van der Waals surface area contributed by atoms with Crippen molar-refractivity contribution in [3.8, 4) is 0 Å². The fraction of sp³-hybridized carbons (Fsp3) is 0.500. The van der Waals surface area contributed by atoms with E-state index in [0.717, 1.165) is 30.3 Å². The van der Waals surface area contributed by atoms with Gasteiger partial charge in [-0.25, -0.2) is 0 Å². The Morgan fingerprint density at radius 3 is 2.76 bits per heavy atom. The Kier molecular flexibility index (Phi) is 4.62. The lowest BCUT2D eigenvalue weighted by molar-refractivity contribution is 0.659. The lowest BCUT2D eigenvalue weighted by atomic mass is 10.3. The van der Waals surface area contributed by atoms with Crippen molar-refractivity contribution in [2.24, 2.45) is 0 Å². The zero-order valence-corrected chi connectivity index (χ0v) is 13.0. The van der Waals surface area contributed by atoms with E-state index in [4.69, 9.17) is 5.73 Å². The first kappa shape index (κ1) is 15.1. The summed E-state index contributed by atoms with van der Waals surface area (Å²) in [5.74, 6) is 1.80. The molecule has 0 amide bonds. The Balaban J connectivity index is 2.14. The number of nitrogens with two attached hydrogens (primary N) is 1. The molecule has 21 heavy (non-hydrogen) atoms. The van der Waals surface area contributed by atoms with E-state index in [1.54, 1.807) is 0 Å². The summed E-state index contributed by atoms with van der Waals surface area (Å²) in [6.45, 7) is 7.77. The van der Waals surface area contributed by atoms with Crippen LogP contribution >= 0.6 is 0 Å². The number of aromatic nitrogens is 4. The van der Waals surface area contributed by atoms with E-state index in [1.165, 1.54) is 0 Å². The molecule has 2 aromatic rings. The van der Waals surface area contributed by atoms with Gasteiger partial charge in [0.05, 0.1) is 6.20 Å². The molecule has 0 fully saturated rings. The van der Waals surface area contributed by atoms with Gasteiger partial charge in [0, 0.05) is 44.0 Å². The summed E-state index contributed by atoms with van der Waals surface area (Å²) in [6, 6.07) is 2.20. The Hall–Kier alpha value is -2.31. The van der Waals surface area contributed by atoms with Crippen molar-refractivity contribution >= 4 is 17.6 Å². The lowest BCUT2D eigenvalue weighted by Crippen LogP contribution is -2.19. The summed E-state index contributed by atoms with van der Waals surface area (Å²) >= 11 is 0. The van der Waals surface area contributed by atoms with Crippen LogP contribution in [0.1, 0.15) is 26.3 Å². The second-order valence-corrected chi connectivity index (χ2v) is 5.33. The van der Waals surface area contributed by atoms with Crippen molar-refractivity contribution < 1.29 is 0 Å². The number of aryl methyl sites for hydroxylation is 1. The van der Waals surface area contributed by atoms with Crippen molar-refractivity contribution in [2.45, 2.75) is 39.9 Å². The van der Waals surface area contributed by atoms with Crippen molar-refractivity contribution in [2.75, 3.05) is 23.0 Å². The van der Waals surface area contributed by atoms with E-state index < -0.39 is 0 Å². The average molecular weight is 289 g/mol. The standard InChI is InChI=1S/C14H23N7/c1-5-21-9-11(7-16-21)8-20(4)13-6-12(17-10(2)3)18-14(15)19-13/h6-7,9-10H,5,8H2,1-4H3,(H3,15,17,18,19). The first-order chi connectivity index (χ1) is 9.97. The molecule has 0 radical (unpaired) electrons. The van der Waals surface area contributed by atoms with E-state index in [-0.39, 0.29) is 5.95 Å². The number of nitrogens with one attached hydrogen (secondary N) is 1. The smallest absolute Gasteiger partial charge is 0.223 e. The first-order valence-electron chi connectivity index (χ1n) is 7.11. The largest absolute Gasteiger partial charge is 0.368 e. The highest BCUT2D eigenvalue weighted by Crippen LogP contribution is 2.18. The minimum absolute atomic E-state index is 0.270. The molecule has 2 rings (SSSR count).